The van der Waals surface area contributed by atoms with Crippen molar-refractivity contribution in [2.75, 3.05) is 11.4 Å². The summed E-state index contributed by atoms with van der Waals surface area (Å²) in [6, 6.07) is 10.1. The quantitative estimate of drug-likeness (QED) is 0.797. The number of hydrogen-bond donors (Lipinski definition) is 0. The van der Waals surface area contributed by atoms with Crippen LogP contribution in [0.1, 0.15) is 37.9 Å². The topological polar surface area (TPSA) is 53.5 Å². The summed E-state index contributed by atoms with van der Waals surface area (Å²) in [6.07, 6.45) is 1.74. The van der Waals surface area contributed by atoms with Crippen LogP contribution in [0.4, 0.5) is 5.13 Å². The van der Waals surface area contributed by atoms with E-state index < -0.39 is 0 Å². The second-order valence-electron chi connectivity index (χ2n) is 6.55. The molecule has 132 valence electrons. The van der Waals surface area contributed by atoms with Gasteiger partial charge < -0.3 is 4.90 Å². The van der Waals surface area contributed by atoms with Crippen molar-refractivity contribution in [2.45, 2.75) is 45.7 Å². The highest BCUT2D eigenvalue weighted by molar-refractivity contribution is 7.14. The van der Waals surface area contributed by atoms with Crippen LogP contribution in [0.15, 0.2) is 35.7 Å². The van der Waals surface area contributed by atoms with Gasteiger partial charge in [-0.15, -0.1) is 11.3 Å². The van der Waals surface area contributed by atoms with Crippen LogP contribution in [0.3, 0.4) is 0 Å². The fourth-order valence-corrected chi connectivity index (χ4v) is 3.81. The summed E-state index contributed by atoms with van der Waals surface area (Å²) in [6.45, 7) is 5.37. The van der Waals surface area contributed by atoms with Gasteiger partial charge in [0, 0.05) is 30.9 Å². The third kappa shape index (κ3) is 4.25. The SMILES string of the molecule is CC(C)N(Cc1ccccc1)C(=O)Cc1csc(N2CCCC2=O)n1. The van der Waals surface area contributed by atoms with E-state index in [0.717, 1.165) is 24.2 Å². The van der Waals surface area contributed by atoms with Gasteiger partial charge in [0.25, 0.3) is 0 Å². The minimum atomic E-state index is 0.0588. The highest BCUT2D eigenvalue weighted by atomic mass is 32.1. The first kappa shape index (κ1) is 17.6. The molecule has 0 aliphatic carbocycles. The van der Waals surface area contributed by atoms with Crippen molar-refractivity contribution in [1.82, 2.24) is 9.88 Å². The van der Waals surface area contributed by atoms with Gasteiger partial charge in [0.2, 0.25) is 11.8 Å². The smallest absolute Gasteiger partial charge is 0.229 e. The number of carbonyl (C=O) groups excluding carboxylic acids is 2. The van der Waals surface area contributed by atoms with Crippen LogP contribution in [-0.2, 0) is 22.6 Å². The molecule has 1 aromatic carbocycles. The second kappa shape index (κ2) is 7.78. The lowest BCUT2D eigenvalue weighted by atomic mass is 10.1. The summed E-state index contributed by atoms with van der Waals surface area (Å²) < 4.78 is 0. The number of rotatable bonds is 6. The average molecular weight is 357 g/mol. The summed E-state index contributed by atoms with van der Waals surface area (Å²) in [5.41, 5.74) is 1.86. The molecule has 3 rings (SSSR count). The normalized spacial score (nSPS) is 14.4. The van der Waals surface area contributed by atoms with Crippen molar-refractivity contribution in [3.63, 3.8) is 0 Å². The zero-order chi connectivity index (χ0) is 17.8. The number of amides is 2. The summed E-state index contributed by atoms with van der Waals surface area (Å²) in [5, 5.41) is 2.60. The first-order valence-corrected chi connectivity index (χ1v) is 9.50. The minimum Gasteiger partial charge on any atom is -0.336 e. The Morgan fingerprint density at radius 2 is 2.08 bits per heavy atom. The molecule has 0 radical (unpaired) electrons. The molecule has 0 unspecified atom stereocenters. The van der Waals surface area contributed by atoms with Gasteiger partial charge in [-0.1, -0.05) is 30.3 Å². The number of carbonyl (C=O) groups is 2. The molecule has 0 N–H and O–H groups in total. The van der Waals surface area contributed by atoms with E-state index in [2.05, 4.69) is 4.98 Å². The molecule has 2 aromatic rings. The molecule has 5 nitrogen and oxygen atoms in total. The highest BCUT2D eigenvalue weighted by Crippen LogP contribution is 2.25. The molecule has 25 heavy (non-hydrogen) atoms. The van der Waals surface area contributed by atoms with Crippen molar-refractivity contribution in [3.05, 3.63) is 47.0 Å². The van der Waals surface area contributed by atoms with Gasteiger partial charge in [-0.2, -0.15) is 0 Å². The van der Waals surface area contributed by atoms with E-state index in [4.69, 9.17) is 0 Å². The standard InChI is InChI=1S/C19H23N3O2S/c1-14(2)22(12-15-7-4-3-5-8-15)18(24)11-16-13-25-19(20-16)21-10-6-9-17(21)23/h3-5,7-8,13-14H,6,9-12H2,1-2H3. The number of aromatic nitrogens is 1. The van der Waals surface area contributed by atoms with Crippen molar-refractivity contribution < 1.29 is 9.59 Å². The second-order valence-corrected chi connectivity index (χ2v) is 7.38. The van der Waals surface area contributed by atoms with Crippen LogP contribution >= 0.6 is 11.3 Å². The Morgan fingerprint density at radius 3 is 2.72 bits per heavy atom. The highest BCUT2D eigenvalue weighted by Gasteiger charge is 2.25. The van der Waals surface area contributed by atoms with Crippen LogP contribution in [0.5, 0.6) is 0 Å². The summed E-state index contributed by atoms with van der Waals surface area (Å²) in [4.78, 5) is 32.7. The molecule has 0 bridgehead atoms. The Balaban J connectivity index is 1.67. The Hall–Kier alpha value is -2.21. The predicted molar refractivity (Wildman–Crippen MR) is 99.5 cm³/mol. The zero-order valence-corrected chi connectivity index (χ0v) is 15.5. The number of benzene rings is 1. The molecule has 6 heteroatoms. The molecular formula is C19H23N3O2S. The lowest BCUT2D eigenvalue weighted by Gasteiger charge is -2.26. The van der Waals surface area contributed by atoms with Gasteiger partial charge in [-0.05, 0) is 25.8 Å². The van der Waals surface area contributed by atoms with Gasteiger partial charge in [0.15, 0.2) is 5.13 Å². The van der Waals surface area contributed by atoms with E-state index in [1.807, 2.05) is 54.5 Å². The van der Waals surface area contributed by atoms with Crippen LogP contribution in [0.25, 0.3) is 0 Å². The Labute approximate surface area is 152 Å². The fourth-order valence-electron chi connectivity index (χ4n) is 2.95. The molecule has 2 amide bonds. The molecule has 1 fully saturated rings. The number of hydrogen-bond acceptors (Lipinski definition) is 4. The van der Waals surface area contributed by atoms with Crippen LogP contribution in [0.2, 0.25) is 0 Å². The minimum absolute atomic E-state index is 0.0588. The summed E-state index contributed by atoms with van der Waals surface area (Å²) >= 11 is 1.44. The number of nitrogens with zero attached hydrogens (tertiary/aromatic N) is 3. The molecule has 1 aromatic heterocycles. The van der Waals surface area contributed by atoms with Gasteiger partial charge in [0.05, 0.1) is 12.1 Å². The molecule has 1 saturated heterocycles. The largest absolute Gasteiger partial charge is 0.336 e. The molecule has 1 aliphatic rings. The number of thiazole rings is 1. The third-order valence-corrected chi connectivity index (χ3v) is 5.23. The number of anilines is 1. The lowest BCUT2D eigenvalue weighted by Crippen LogP contribution is -2.37. The maximum absolute atomic E-state index is 12.8. The van der Waals surface area contributed by atoms with Crippen LogP contribution < -0.4 is 4.90 Å². The Bertz CT molecular complexity index is 742. The first-order chi connectivity index (χ1) is 12.0. The van der Waals surface area contributed by atoms with Crippen LogP contribution in [-0.4, -0.2) is 34.3 Å². The fraction of sp³-hybridized carbons (Fsp3) is 0.421. The van der Waals surface area contributed by atoms with Gasteiger partial charge in [0.1, 0.15) is 0 Å². The van der Waals surface area contributed by atoms with Crippen molar-refractivity contribution in [3.8, 4) is 0 Å². The van der Waals surface area contributed by atoms with E-state index in [0.29, 0.717) is 18.1 Å². The molecule has 2 heterocycles. The predicted octanol–water partition coefficient (Wildman–Crippen LogP) is 3.25. The Morgan fingerprint density at radius 1 is 1.32 bits per heavy atom. The Kier molecular flexibility index (Phi) is 5.48. The van der Waals surface area contributed by atoms with Crippen molar-refractivity contribution in [1.29, 1.82) is 0 Å². The molecule has 0 spiro atoms. The van der Waals surface area contributed by atoms with Crippen LogP contribution in [0, 0.1) is 0 Å². The summed E-state index contributed by atoms with van der Waals surface area (Å²) in [5.74, 6) is 0.184. The van der Waals surface area contributed by atoms with E-state index in [9.17, 15) is 9.59 Å². The maximum Gasteiger partial charge on any atom is 0.229 e. The summed E-state index contributed by atoms with van der Waals surface area (Å²) in [7, 11) is 0. The zero-order valence-electron chi connectivity index (χ0n) is 14.6. The van der Waals surface area contributed by atoms with E-state index in [1.54, 1.807) is 4.90 Å². The van der Waals surface area contributed by atoms with E-state index >= 15 is 0 Å². The van der Waals surface area contributed by atoms with Gasteiger partial charge in [-0.25, -0.2) is 4.98 Å². The van der Waals surface area contributed by atoms with Crippen molar-refractivity contribution >= 4 is 28.3 Å². The molecule has 1 aliphatic heterocycles. The average Bonchev–Trinajstić information content (AvgIpc) is 3.21. The lowest BCUT2D eigenvalue weighted by molar-refractivity contribution is -0.132. The third-order valence-electron chi connectivity index (χ3n) is 4.32. The molecular weight excluding hydrogens is 334 g/mol. The van der Waals surface area contributed by atoms with E-state index in [-0.39, 0.29) is 24.3 Å². The monoisotopic (exact) mass is 357 g/mol. The van der Waals surface area contributed by atoms with Gasteiger partial charge in [-0.3, -0.25) is 14.5 Å². The molecule has 0 saturated carbocycles. The van der Waals surface area contributed by atoms with E-state index in [1.165, 1.54) is 11.3 Å². The van der Waals surface area contributed by atoms with Gasteiger partial charge >= 0.3 is 0 Å². The van der Waals surface area contributed by atoms with Crippen molar-refractivity contribution in [2.24, 2.45) is 0 Å². The molecule has 0 atom stereocenters. The first-order valence-electron chi connectivity index (χ1n) is 8.63. The maximum atomic E-state index is 12.8.